The van der Waals surface area contributed by atoms with Gasteiger partial charge in [0.2, 0.25) is 5.91 Å². The van der Waals surface area contributed by atoms with Gasteiger partial charge in [0, 0.05) is 28.6 Å². The number of hydrogen-bond acceptors (Lipinski definition) is 3. The van der Waals surface area contributed by atoms with Gasteiger partial charge in [-0.1, -0.05) is 35.1 Å². The quantitative estimate of drug-likeness (QED) is 0.588. The fourth-order valence-corrected chi connectivity index (χ4v) is 4.44. The van der Waals surface area contributed by atoms with Crippen molar-refractivity contribution in [3.8, 4) is 0 Å². The first-order valence-corrected chi connectivity index (χ1v) is 9.89. The molecule has 0 aliphatic carbocycles. The first-order valence-electron chi connectivity index (χ1n) is 7.71. The van der Waals surface area contributed by atoms with Crippen LogP contribution in [0.25, 0.3) is 10.2 Å². The third kappa shape index (κ3) is 4.09. The van der Waals surface area contributed by atoms with Gasteiger partial charge in [-0.2, -0.15) is 4.99 Å². The molecule has 0 aliphatic rings. The number of amides is 1. The van der Waals surface area contributed by atoms with Crippen LogP contribution in [-0.4, -0.2) is 16.2 Å². The van der Waals surface area contributed by atoms with Gasteiger partial charge in [0.1, 0.15) is 0 Å². The fourth-order valence-electron chi connectivity index (χ4n) is 2.36. The Morgan fingerprint density at radius 3 is 2.71 bits per heavy atom. The molecule has 2 aromatic carbocycles. The lowest BCUT2D eigenvalue weighted by Crippen LogP contribution is -2.15. The molecule has 0 aliphatic heterocycles. The molecule has 6 heteroatoms. The first-order chi connectivity index (χ1) is 11.7. The van der Waals surface area contributed by atoms with Gasteiger partial charge in [-0.15, -0.1) is 11.8 Å². The molecule has 1 amide bonds. The molecular weight excluding hydrogens is 360 g/mol. The van der Waals surface area contributed by atoms with Crippen molar-refractivity contribution in [3.05, 3.63) is 58.4 Å². The van der Waals surface area contributed by atoms with Crippen LogP contribution in [0.2, 0.25) is 5.02 Å². The van der Waals surface area contributed by atoms with E-state index in [0.717, 1.165) is 31.5 Å². The standard InChI is InChI=1S/C18H17ClN2OS2/c1-2-21-15-5-3-4-6-16(15)24-18(21)20-17(22)11-12-23-14-9-7-13(19)8-10-14/h3-10H,2,11-12H2,1H3. The highest BCUT2D eigenvalue weighted by Gasteiger charge is 2.06. The highest BCUT2D eigenvalue weighted by Crippen LogP contribution is 2.21. The SMILES string of the molecule is CCn1c(=NC(=O)CCSc2ccc(Cl)cc2)sc2ccccc21. The van der Waals surface area contributed by atoms with Crippen molar-refractivity contribution >= 4 is 50.8 Å². The lowest BCUT2D eigenvalue weighted by Gasteiger charge is -2.01. The molecule has 1 heterocycles. The summed E-state index contributed by atoms with van der Waals surface area (Å²) in [7, 11) is 0. The van der Waals surface area contributed by atoms with Crippen LogP contribution in [0.15, 0.2) is 58.4 Å². The van der Waals surface area contributed by atoms with Crippen molar-refractivity contribution in [2.24, 2.45) is 4.99 Å². The Balaban J connectivity index is 1.69. The van der Waals surface area contributed by atoms with Crippen LogP contribution in [0.3, 0.4) is 0 Å². The summed E-state index contributed by atoms with van der Waals surface area (Å²) in [6, 6.07) is 15.8. The Morgan fingerprint density at radius 1 is 1.21 bits per heavy atom. The molecule has 0 atom stereocenters. The Labute approximate surface area is 154 Å². The highest BCUT2D eigenvalue weighted by atomic mass is 35.5. The number of nitrogens with zero attached hydrogens (tertiary/aromatic N) is 2. The van der Waals surface area contributed by atoms with Crippen molar-refractivity contribution in [2.75, 3.05) is 5.75 Å². The number of aryl methyl sites for hydroxylation is 1. The minimum absolute atomic E-state index is 0.0785. The Hall–Kier alpha value is -1.56. The third-order valence-corrected chi connectivity index (χ3v) is 5.85. The minimum atomic E-state index is -0.0785. The van der Waals surface area contributed by atoms with Gasteiger partial charge >= 0.3 is 0 Å². The van der Waals surface area contributed by atoms with Crippen molar-refractivity contribution in [3.63, 3.8) is 0 Å². The Bertz CT molecular complexity index is 913. The van der Waals surface area contributed by atoms with E-state index in [1.165, 1.54) is 0 Å². The van der Waals surface area contributed by atoms with Gasteiger partial charge in [-0.25, -0.2) is 0 Å². The number of carbonyl (C=O) groups is 1. The number of benzene rings is 2. The predicted octanol–water partition coefficient (Wildman–Crippen LogP) is 4.99. The van der Waals surface area contributed by atoms with E-state index in [1.54, 1.807) is 23.1 Å². The van der Waals surface area contributed by atoms with Crippen molar-refractivity contribution in [1.82, 2.24) is 4.57 Å². The van der Waals surface area contributed by atoms with Gasteiger partial charge in [0.05, 0.1) is 10.2 Å². The molecule has 0 saturated heterocycles. The Morgan fingerprint density at radius 2 is 1.96 bits per heavy atom. The summed E-state index contributed by atoms with van der Waals surface area (Å²) >= 11 is 9.07. The average Bonchev–Trinajstić information content (AvgIpc) is 2.93. The largest absolute Gasteiger partial charge is 0.317 e. The number of para-hydroxylation sites is 1. The van der Waals surface area contributed by atoms with Gasteiger partial charge < -0.3 is 4.57 Å². The number of carbonyl (C=O) groups excluding carboxylic acids is 1. The number of thioether (sulfide) groups is 1. The highest BCUT2D eigenvalue weighted by molar-refractivity contribution is 7.99. The van der Waals surface area contributed by atoms with E-state index in [1.807, 2.05) is 36.4 Å². The molecule has 124 valence electrons. The molecule has 24 heavy (non-hydrogen) atoms. The molecule has 0 fully saturated rings. The molecule has 0 N–H and O–H groups in total. The van der Waals surface area contributed by atoms with Gasteiger partial charge in [-0.05, 0) is 43.3 Å². The van der Waals surface area contributed by atoms with Crippen LogP contribution >= 0.6 is 34.7 Å². The number of aromatic nitrogens is 1. The van der Waals surface area contributed by atoms with Gasteiger partial charge in [0.25, 0.3) is 0 Å². The van der Waals surface area contributed by atoms with Crippen LogP contribution in [-0.2, 0) is 11.3 Å². The maximum absolute atomic E-state index is 12.2. The average molecular weight is 377 g/mol. The molecule has 0 bridgehead atoms. The van der Waals surface area contributed by atoms with E-state index in [4.69, 9.17) is 11.6 Å². The maximum atomic E-state index is 12.2. The van der Waals surface area contributed by atoms with Crippen LogP contribution in [0, 0.1) is 0 Å². The number of thiazole rings is 1. The summed E-state index contributed by atoms with van der Waals surface area (Å²) in [5.74, 6) is 0.631. The van der Waals surface area contributed by atoms with Crippen molar-refractivity contribution in [1.29, 1.82) is 0 Å². The first kappa shape index (κ1) is 17.3. The van der Waals surface area contributed by atoms with E-state index in [9.17, 15) is 4.79 Å². The van der Waals surface area contributed by atoms with E-state index in [0.29, 0.717) is 12.2 Å². The zero-order valence-corrected chi connectivity index (χ0v) is 15.6. The van der Waals surface area contributed by atoms with Gasteiger partial charge in [-0.3, -0.25) is 4.79 Å². The lowest BCUT2D eigenvalue weighted by molar-refractivity contribution is -0.117. The molecular formula is C18H17ClN2OS2. The molecule has 1 aromatic heterocycles. The van der Waals surface area contributed by atoms with Crippen LogP contribution in [0.1, 0.15) is 13.3 Å². The second-order valence-electron chi connectivity index (χ2n) is 5.15. The van der Waals surface area contributed by atoms with Crippen molar-refractivity contribution < 1.29 is 4.79 Å². The van der Waals surface area contributed by atoms with Crippen molar-refractivity contribution in [2.45, 2.75) is 24.8 Å². The molecule has 0 radical (unpaired) electrons. The maximum Gasteiger partial charge on any atom is 0.249 e. The molecule has 0 unspecified atom stereocenters. The molecule has 0 saturated carbocycles. The minimum Gasteiger partial charge on any atom is -0.317 e. The summed E-state index contributed by atoms with van der Waals surface area (Å²) in [6.07, 6.45) is 0.422. The summed E-state index contributed by atoms with van der Waals surface area (Å²) < 4.78 is 3.24. The van der Waals surface area contributed by atoms with Crippen LogP contribution in [0.4, 0.5) is 0 Å². The van der Waals surface area contributed by atoms with Crippen LogP contribution in [0.5, 0.6) is 0 Å². The topological polar surface area (TPSA) is 34.4 Å². The van der Waals surface area contributed by atoms with Crippen LogP contribution < -0.4 is 4.80 Å². The Kier molecular flexibility index (Phi) is 5.76. The zero-order chi connectivity index (χ0) is 16.9. The fraction of sp³-hybridized carbons (Fsp3) is 0.222. The smallest absolute Gasteiger partial charge is 0.249 e. The number of fused-ring (bicyclic) bond motifs is 1. The summed E-state index contributed by atoms with van der Waals surface area (Å²) in [6.45, 7) is 2.87. The van der Waals surface area contributed by atoms with E-state index in [-0.39, 0.29) is 5.91 Å². The summed E-state index contributed by atoms with van der Waals surface area (Å²) in [5.41, 5.74) is 1.13. The second-order valence-corrected chi connectivity index (χ2v) is 7.77. The lowest BCUT2D eigenvalue weighted by atomic mass is 10.3. The van der Waals surface area contributed by atoms with Gasteiger partial charge in [0.15, 0.2) is 4.80 Å². The monoisotopic (exact) mass is 376 g/mol. The normalized spacial score (nSPS) is 12.0. The molecule has 0 spiro atoms. The zero-order valence-electron chi connectivity index (χ0n) is 13.2. The molecule has 3 aromatic rings. The molecule has 3 nitrogen and oxygen atoms in total. The number of hydrogen-bond donors (Lipinski definition) is 0. The van der Waals surface area contributed by atoms with E-state index < -0.39 is 0 Å². The summed E-state index contributed by atoms with van der Waals surface area (Å²) in [4.78, 5) is 18.4. The van der Waals surface area contributed by atoms with E-state index in [2.05, 4.69) is 28.6 Å². The predicted molar refractivity (Wildman–Crippen MR) is 103 cm³/mol. The summed E-state index contributed by atoms with van der Waals surface area (Å²) in [5, 5.41) is 0.722. The number of halogens is 1. The molecule has 3 rings (SSSR count). The van der Waals surface area contributed by atoms with E-state index >= 15 is 0 Å². The second kappa shape index (κ2) is 8.01. The third-order valence-electron chi connectivity index (χ3n) is 3.52. The number of rotatable bonds is 5.